The molecule has 0 saturated carbocycles. The Balaban J connectivity index is 2.11. The first-order valence-electron chi connectivity index (χ1n) is 8.18. The van der Waals surface area contributed by atoms with Crippen LogP contribution in [0.15, 0.2) is 35.4 Å². The Hall–Kier alpha value is -1.95. The number of azide groups is 1. The summed E-state index contributed by atoms with van der Waals surface area (Å²) in [5.74, 6) is 6.77. The smallest absolute Gasteiger partial charge is 0.0720 e. The number of hydrogen-bond donors (Lipinski definition) is 0. The van der Waals surface area contributed by atoms with E-state index in [1.807, 2.05) is 30.3 Å². The fourth-order valence-corrected chi connectivity index (χ4v) is 3.00. The molecule has 0 N–H and O–H groups in total. The number of hydrogen-bond acceptors (Lipinski definition) is 2. The zero-order chi connectivity index (χ0) is 15.6. The van der Waals surface area contributed by atoms with Crippen molar-refractivity contribution in [3.63, 3.8) is 0 Å². The van der Waals surface area contributed by atoms with Gasteiger partial charge in [-0.25, -0.2) is 0 Å². The summed E-state index contributed by atoms with van der Waals surface area (Å²) < 4.78 is 0. The first-order valence-corrected chi connectivity index (χ1v) is 8.18. The summed E-state index contributed by atoms with van der Waals surface area (Å²) in [7, 11) is 0. The Labute approximate surface area is 133 Å². The molecule has 2 rings (SSSR count). The van der Waals surface area contributed by atoms with Crippen LogP contribution in [0.2, 0.25) is 0 Å². The third-order valence-electron chi connectivity index (χ3n) is 4.17. The Kier molecular flexibility index (Phi) is 6.83. The van der Waals surface area contributed by atoms with Gasteiger partial charge in [0.05, 0.1) is 6.04 Å². The molecule has 0 unspecified atom stereocenters. The highest BCUT2D eigenvalue weighted by Gasteiger charge is 2.28. The van der Waals surface area contributed by atoms with Crippen LogP contribution in [0, 0.1) is 11.8 Å². The predicted molar refractivity (Wildman–Crippen MR) is 90.4 cm³/mol. The quantitative estimate of drug-likeness (QED) is 0.333. The average molecular weight is 296 g/mol. The Bertz CT molecular complexity index is 551. The topological polar surface area (TPSA) is 52.0 Å². The van der Waals surface area contributed by atoms with Gasteiger partial charge in [-0.15, -0.1) is 0 Å². The molecule has 1 aromatic rings. The normalized spacial score (nSPS) is 19.0. The van der Waals surface area contributed by atoms with Crippen molar-refractivity contribution >= 4 is 0 Å². The lowest BCUT2D eigenvalue weighted by Gasteiger charge is -2.29. The number of benzene rings is 1. The summed E-state index contributed by atoms with van der Waals surface area (Å²) in [5.41, 5.74) is 9.62. The van der Waals surface area contributed by atoms with Crippen molar-refractivity contribution in [2.75, 3.05) is 13.1 Å². The molecule has 1 fully saturated rings. The molecular formula is C18H24N4. The third kappa shape index (κ3) is 4.80. The van der Waals surface area contributed by atoms with E-state index < -0.39 is 0 Å². The van der Waals surface area contributed by atoms with Gasteiger partial charge in [0.1, 0.15) is 0 Å². The third-order valence-corrected chi connectivity index (χ3v) is 4.17. The molecule has 1 saturated heterocycles. The van der Waals surface area contributed by atoms with Gasteiger partial charge in [0.25, 0.3) is 0 Å². The fourth-order valence-electron chi connectivity index (χ4n) is 3.00. The van der Waals surface area contributed by atoms with Crippen molar-refractivity contribution in [2.24, 2.45) is 5.11 Å². The van der Waals surface area contributed by atoms with Crippen molar-refractivity contribution in [2.45, 2.75) is 51.1 Å². The van der Waals surface area contributed by atoms with E-state index in [9.17, 15) is 0 Å². The molecule has 116 valence electrons. The Morgan fingerprint density at radius 3 is 2.95 bits per heavy atom. The van der Waals surface area contributed by atoms with Crippen molar-refractivity contribution in [3.8, 4) is 11.8 Å². The van der Waals surface area contributed by atoms with E-state index in [0.717, 1.165) is 24.9 Å². The minimum Gasteiger partial charge on any atom is -0.287 e. The van der Waals surface area contributed by atoms with E-state index in [1.54, 1.807) is 0 Å². The minimum atomic E-state index is 0.265. The highest BCUT2D eigenvalue weighted by Crippen LogP contribution is 2.23. The van der Waals surface area contributed by atoms with Gasteiger partial charge in [0, 0.05) is 23.1 Å². The van der Waals surface area contributed by atoms with E-state index in [2.05, 4.69) is 33.7 Å². The van der Waals surface area contributed by atoms with E-state index in [0.29, 0.717) is 12.6 Å². The molecular weight excluding hydrogens is 272 g/mol. The van der Waals surface area contributed by atoms with Gasteiger partial charge >= 0.3 is 0 Å². The lowest BCUT2D eigenvalue weighted by molar-refractivity contribution is 0.210. The molecule has 1 aliphatic heterocycles. The maximum atomic E-state index is 8.56. The molecule has 4 heteroatoms. The minimum absolute atomic E-state index is 0.265. The molecule has 0 aliphatic carbocycles. The van der Waals surface area contributed by atoms with Crippen LogP contribution in [0.25, 0.3) is 10.4 Å². The van der Waals surface area contributed by atoms with Gasteiger partial charge in [-0.3, -0.25) is 4.90 Å². The zero-order valence-corrected chi connectivity index (χ0v) is 13.3. The van der Waals surface area contributed by atoms with Crippen LogP contribution < -0.4 is 0 Å². The number of nitrogens with zero attached hydrogens (tertiary/aromatic N) is 4. The highest BCUT2D eigenvalue weighted by molar-refractivity contribution is 5.35. The number of likely N-dealkylation sites (tertiary alicyclic amines) is 1. The van der Waals surface area contributed by atoms with E-state index in [4.69, 9.17) is 5.53 Å². The first kappa shape index (κ1) is 16.4. The second-order valence-electron chi connectivity index (χ2n) is 5.74. The average Bonchev–Trinajstić information content (AvgIpc) is 3.02. The summed E-state index contributed by atoms with van der Waals surface area (Å²) in [6, 6.07) is 10.8. The Morgan fingerprint density at radius 2 is 2.23 bits per heavy atom. The second-order valence-corrected chi connectivity index (χ2v) is 5.74. The van der Waals surface area contributed by atoms with Gasteiger partial charge in [-0.1, -0.05) is 54.9 Å². The SMILES string of the molecule is CCCC[C@@H](C#Cc1ccccc1)N1CCC[C@H]1CN=[N+]=[N-]. The monoisotopic (exact) mass is 296 g/mol. The molecule has 0 aromatic heterocycles. The molecule has 22 heavy (non-hydrogen) atoms. The molecule has 0 spiro atoms. The van der Waals surface area contributed by atoms with Crippen LogP contribution >= 0.6 is 0 Å². The van der Waals surface area contributed by atoms with Crippen LogP contribution in [0.1, 0.15) is 44.6 Å². The zero-order valence-electron chi connectivity index (χ0n) is 13.3. The standard InChI is InChI=1S/C18H24N4/c1-2-3-10-17(13-12-16-8-5-4-6-9-16)22-14-7-11-18(22)15-20-21-19/h4-6,8-9,17-18H,2-3,7,10-11,14-15H2,1H3/t17-,18-/m0/s1. The van der Waals surface area contributed by atoms with Crippen molar-refractivity contribution in [1.29, 1.82) is 0 Å². The summed E-state index contributed by atoms with van der Waals surface area (Å²) in [4.78, 5) is 5.36. The molecule has 0 amide bonds. The van der Waals surface area contributed by atoms with Crippen LogP contribution in [-0.2, 0) is 0 Å². The van der Waals surface area contributed by atoms with Gasteiger partial charge < -0.3 is 0 Å². The van der Waals surface area contributed by atoms with Gasteiger partial charge in [-0.2, -0.15) is 0 Å². The first-order chi connectivity index (χ1) is 10.8. The fraction of sp³-hybridized carbons (Fsp3) is 0.556. The lowest BCUT2D eigenvalue weighted by Crippen LogP contribution is -2.39. The van der Waals surface area contributed by atoms with E-state index >= 15 is 0 Å². The number of rotatable bonds is 6. The molecule has 1 heterocycles. The molecule has 0 bridgehead atoms. The van der Waals surface area contributed by atoms with Crippen molar-refractivity contribution in [1.82, 2.24) is 4.90 Å². The maximum Gasteiger partial charge on any atom is 0.0720 e. The van der Waals surface area contributed by atoms with Gasteiger partial charge in [-0.05, 0) is 43.5 Å². The lowest BCUT2D eigenvalue weighted by atomic mass is 10.1. The summed E-state index contributed by atoms with van der Waals surface area (Å²) >= 11 is 0. The van der Waals surface area contributed by atoms with Crippen LogP contribution in [0.3, 0.4) is 0 Å². The summed E-state index contributed by atoms with van der Waals surface area (Å²) in [6.07, 6.45) is 5.72. The number of unbranched alkanes of at least 4 members (excludes halogenated alkanes) is 1. The summed E-state index contributed by atoms with van der Waals surface area (Å²) in [6.45, 7) is 3.83. The molecule has 1 aromatic carbocycles. The van der Waals surface area contributed by atoms with Crippen LogP contribution in [0.5, 0.6) is 0 Å². The summed E-state index contributed by atoms with van der Waals surface area (Å²) in [5, 5.41) is 3.78. The van der Waals surface area contributed by atoms with Gasteiger partial charge in [0.2, 0.25) is 0 Å². The maximum absolute atomic E-state index is 8.56. The molecule has 1 aliphatic rings. The van der Waals surface area contributed by atoms with Gasteiger partial charge in [0.15, 0.2) is 0 Å². The van der Waals surface area contributed by atoms with E-state index in [-0.39, 0.29) is 6.04 Å². The predicted octanol–water partition coefficient (Wildman–Crippen LogP) is 4.37. The molecule has 0 radical (unpaired) electrons. The van der Waals surface area contributed by atoms with Crippen LogP contribution in [-0.4, -0.2) is 30.1 Å². The van der Waals surface area contributed by atoms with Crippen molar-refractivity contribution < 1.29 is 0 Å². The largest absolute Gasteiger partial charge is 0.287 e. The van der Waals surface area contributed by atoms with E-state index in [1.165, 1.54) is 19.3 Å². The Morgan fingerprint density at radius 1 is 1.41 bits per heavy atom. The van der Waals surface area contributed by atoms with Crippen LogP contribution in [0.4, 0.5) is 0 Å². The molecule has 2 atom stereocenters. The van der Waals surface area contributed by atoms with Crippen molar-refractivity contribution in [3.05, 3.63) is 46.3 Å². The highest BCUT2D eigenvalue weighted by atomic mass is 15.2. The molecule has 4 nitrogen and oxygen atoms in total. The second kappa shape index (κ2) is 9.15.